The third kappa shape index (κ3) is 3.53. The zero-order chi connectivity index (χ0) is 15.5. The molecule has 0 atom stereocenters. The Morgan fingerprint density at radius 1 is 1.35 bits per heavy atom. The lowest BCUT2D eigenvalue weighted by Crippen LogP contribution is -2.22. The minimum absolute atomic E-state index is 0.0887. The van der Waals surface area contributed by atoms with Crippen molar-refractivity contribution in [3.8, 4) is 0 Å². The number of Topliss-reactive ketones (excluding diaryl/α,β-unsaturated/α-hetero) is 1. The number of amides is 1. The first-order valence-corrected chi connectivity index (χ1v) is 5.36. The van der Waals surface area contributed by atoms with Crippen LogP contribution in [0.1, 0.15) is 18.9 Å². The summed E-state index contributed by atoms with van der Waals surface area (Å²) in [6, 6.07) is 1.88. The highest BCUT2D eigenvalue weighted by atomic mass is 19.4. The second kappa shape index (κ2) is 5.68. The fourth-order valence-electron chi connectivity index (χ4n) is 1.36. The van der Waals surface area contributed by atoms with Crippen molar-refractivity contribution in [2.75, 3.05) is 5.32 Å². The summed E-state index contributed by atoms with van der Waals surface area (Å²) in [6.45, 7) is 1.43. The molecule has 9 heteroatoms. The van der Waals surface area contributed by atoms with E-state index in [2.05, 4.69) is 0 Å². The Bertz CT molecular complexity index is 569. The molecule has 1 aromatic carbocycles. The lowest BCUT2D eigenvalue weighted by atomic mass is 10.1. The maximum absolute atomic E-state index is 12.5. The van der Waals surface area contributed by atoms with Crippen molar-refractivity contribution in [1.29, 1.82) is 0 Å². The highest BCUT2D eigenvalue weighted by Crippen LogP contribution is 2.37. The molecule has 1 aromatic rings. The van der Waals surface area contributed by atoms with E-state index in [1.54, 1.807) is 0 Å². The molecular weight excluding hydrogens is 281 g/mol. The predicted octanol–water partition coefficient (Wildman–Crippen LogP) is 2.53. The molecule has 0 aliphatic heterocycles. The first-order valence-electron chi connectivity index (χ1n) is 5.36. The summed E-state index contributed by atoms with van der Waals surface area (Å²) in [5, 5.41) is 12.6. The van der Waals surface area contributed by atoms with Gasteiger partial charge in [0, 0.05) is 18.2 Å². The van der Waals surface area contributed by atoms with Crippen LogP contribution in [0.15, 0.2) is 18.2 Å². The van der Waals surface area contributed by atoms with Crippen LogP contribution >= 0.6 is 0 Å². The molecule has 0 fully saturated rings. The third-order valence-corrected chi connectivity index (χ3v) is 2.33. The van der Waals surface area contributed by atoms with E-state index in [1.165, 1.54) is 6.92 Å². The van der Waals surface area contributed by atoms with Gasteiger partial charge in [0.2, 0.25) is 5.78 Å². The zero-order valence-corrected chi connectivity index (χ0v) is 10.2. The highest BCUT2D eigenvalue weighted by Gasteiger charge is 2.38. The van der Waals surface area contributed by atoms with Gasteiger partial charge in [0.15, 0.2) is 0 Å². The first-order chi connectivity index (χ1) is 9.16. The Balaban J connectivity index is 3.15. The molecule has 0 unspecified atom stereocenters. The van der Waals surface area contributed by atoms with E-state index in [4.69, 9.17) is 0 Å². The Morgan fingerprint density at radius 2 is 1.95 bits per heavy atom. The van der Waals surface area contributed by atoms with E-state index in [1.807, 2.05) is 5.32 Å². The number of benzene rings is 1. The summed E-state index contributed by atoms with van der Waals surface area (Å²) in [4.78, 5) is 31.7. The molecule has 0 radical (unpaired) electrons. The number of anilines is 1. The molecule has 1 N–H and O–H groups in total. The van der Waals surface area contributed by atoms with Crippen molar-refractivity contribution in [3.63, 3.8) is 0 Å². The number of carbonyl (C=O) groups is 2. The van der Waals surface area contributed by atoms with Gasteiger partial charge in [-0.1, -0.05) is 6.92 Å². The van der Waals surface area contributed by atoms with Gasteiger partial charge < -0.3 is 5.32 Å². The average molecular weight is 290 g/mol. The summed E-state index contributed by atoms with van der Waals surface area (Å²) in [5.74, 6) is -1.82. The van der Waals surface area contributed by atoms with Crippen LogP contribution < -0.4 is 5.32 Å². The first kappa shape index (κ1) is 15.6. The third-order valence-electron chi connectivity index (χ3n) is 2.33. The molecule has 0 bridgehead atoms. The molecule has 0 aliphatic carbocycles. The fourth-order valence-corrected chi connectivity index (χ4v) is 1.36. The monoisotopic (exact) mass is 290 g/mol. The van der Waals surface area contributed by atoms with Crippen LogP contribution in [0, 0.1) is 10.1 Å². The minimum atomic E-state index is -4.88. The average Bonchev–Trinajstić information content (AvgIpc) is 2.36. The van der Waals surface area contributed by atoms with Gasteiger partial charge in [-0.05, 0) is 12.1 Å². The van der Waals surface area contributed by atoms with Crippen molar-refractivity contribution < 1.29 is 27.7 Å². The van der Waals surface area contributed by atoms with Crippen LogP contribution in [0.2, 0.25) is 0 Å². The number of nitrogens with one attached hydrogen (secondary N) is 1. The van der Waals surface area contributed by atoms with Crippen molar-refractivity contribution in [2.45, 2.75) is 19.5 Å². The summed E-state index contributed by atoms with van der Waals surface area (Å²) in [7, 11) is 0. The Kier molecular flexibility index (Phi) is 4.43. The van der Waals surface area contributed by atoms with Gasteiger partial charge in [0.1, 0.15) is 5.56 Å². The summed E-state index contributed by atoms with van der Waals surface area (Å²) in [5.41, 5.74) is -2.88. The van der Waals surface area contributed by atoms with Crippen molar-refractivity contribution >= 4 is 23.1 Å². The van der Waals surface area contributed by atoms with Gasteiger partial charge in [-0.2, -0.15) is 13.2 Å². The standard InChI is InChI=1S/C11H9F3N2O4/c1-2-9(17)10(18)15-6-3-4-7(11(12,13)14)8(5-6)16(19)20/h3-5H,2H2,1H3,(H,15,18). The van der Waals surface area contributed by atoms with Crippen LogP contribution in [-0.4, -0.2) is 16.6 Å². The zero-order valence-electron chi connectivity index (χ0n) is 10.2. The molecule has 6 nitrogen and oxygen atoms in total. The van der Waals surface area contributed by atoms with Crippen LogP contribution in [-0.2, 0) is 15.8 Å². The number of alkyl halides is 3. The van der Waals surface area contributed by atoms with Gasteiger partial charge in [0.05, 0.1) is 4.92 Å². The van der Waals surface area contributed by atoms with E-state index in [0.717, 1.165) is 6.07 Å². The lowest BCUT2D eigenvalue weighted by molar-refractivity contribution is -0.388. The van der Waals surface area contributed by atoms with Crippen molar-refractivity contribution in [3.05, 3.63) is 33.9 Å². The summed E-state index contributed by atoms with van der Waals surface area (Å²) < 4.78 is 37.6. The largest absolute Gasteiger partial charge is 0.423 e. The smallest absolute Gasteiger partial charge is 0.319 e. The molecular formula is C11H9F3N2O4. The topological polar surface area (TPSA) is 89.3 Å². The van der Waals surface area contributed by atoms with Gasteiger partial charge in [0.25, 0.3) is 11.6 Å². The van der Waals surface area contributed by atoms with Gasteiger partial charge >= 0.3 is 6.18 Å². The normalized spacial score (nSPS) is 11.0. The number of hydrogen-bond acceptors (Lipinski definition) is 4. The summed E-state index contributed by atoms with van der Waals surface area (Å²) >= 11 is 0. The maximum atomic E-state index is 12.5. The summed E-state index contributed by atoms with van der Waals surface area (Å²) in [6.07, 6.45) is -4.97. The van der Waals surface area contributed by atoms with E-state index in [9.17, 15) is 32.9 Å². The molecule has 0 aliphatic rings. The second-order valence-electron chi connectivity index (χ2n) is 3.72. The molecule has 0 heterocycles. The molecule has 0 saturated carbocycles. The highest BCUT2D eigenvalue weighted by molar-refractivity contribution is 6.40. The Morgan fingerprint density at radius 3 is 2.40 bits per heavy atom. The van der Waals surface area contributed by atoms with E-state index in [0.29, 0.717) is 12.1 Å². The number of nitrogens with zero attached hydrogens (tertiary/aromatic N) is 1. The molecule has 0 saturated heterocycles. The number of carbonyl (C=O) groups excluding carboxylic acids is 2. The van der Waals surface area contributed by atoms with Crippen LogP contribution in [0.25, 0.3) is 0 Å². The number of halogens is 3. The van der Waals surface area contributed by atoms with Crippen LogP contribution in [0.4, 0.5) is 24.5 Å². The van der Waals surface area contributed by atoms with Gasteiger partial charge in [-0.25, -0.2) is 0 Å². The van der Waals surface area contributed by atoms with Crippen molar-refractivity contribution in [2.24, 2.45) is 0 Å². The molecule has 1 amide bonds. The molecule has 0 aromatic heterocycles. The molecule has 20 heavy (non-hydrogen) atoms. The van der Waals surface area contributed by atoms with Crippen LogP contribution in [0.5, 0.6) is 0 Å². The quantitative estimate of drug-likeness (QED) is 0.524. The number of rotatable bonds is 4. The van der Waals surface area contributed by atoms with E-state index < -0.39 is 34.0 Å². The molecule has 108 valence electrons. The fraction of sp³-hybridized carbons (Fsp3) is 0.273. The molecule has 1 rings (SSSR count). The van der Waals surface area contributed by atoms with E-state index in [-0.39, 0.29) is 12.1 Å². The number of ketones is 1. The van der Waals surface area contributed by atoms with Crippen LogP contribution in [0.3, 0.4) is 0 Å². The maximum Gasteiger partial charge on any atom is 0.423 e. The Labute approximate surface area is 110 Å². The molecule has 0 spiro atoms. The SMILES string of the molecule is CCC(=O)C(=O)Nc1ccc(C(F)(F)F)c([N+](=O)[O-])c1. The second-order valence-corrected chi connectivity index (χ2v) is 3.72. The van der Waals surface area contributed by atoms with Gasteiger partial charge in [-0.15, -0.1) is 0 Å². The number of hydrogen-bond donors (Lipinski definition) is 1. The minimum Gasteiger partial charge on any atom is -0.319 e. The van der Waals surface area contributed by atoms with Gasteiger partial charge in [-0.3, -0.25) is 19.7 Å². The number of nitro benzene ring substituents is 1. The Hall–Kier alpha value is -2.45. The van der Waals surface area contributed by atoms with E-state index >= 15 is 0 Å². The lowest BCUT2D eigenvalue weighted by Gasteiger charge is -2.09. The predicted molar refractivity (Wildman–Crippen MR) is 62.0 cm³/mol. The number of nitro groups is 1. The van der Waals surface area contributed by atoms with Crippen molar-refractivity contribution in [1.82, 2.24) is 0 Å².